The first kappa shape index (κ1) is 19.4. The quantitative estimate of drug-likeness (QED) is 0.281. The molecular formula is C23H23N5O2. The molecule has 4 rings (SSSR count). The zero-order valence-electron chi connectivity index (χ0n) is 17.1. The van der Waals surface area contributed by atoms with Gasteiger partial charge >= 0.3 is 5.97 Å². The molecule has 2 aromatic heterocycles. The number of hydrogen-bond donors (Lipinski definition) is 2. The molecule has 7 heteroatoms. The molecule has 7 nitrogen and oxygen atoms in total. The molecule has 0 atom stereocenters. The highest BCUT2D eigenvalue weighted by Crippen LogP contribution is 2.21. The van der Waals surface area contributed by atoms with Crippen molar-refractivity contribution in [3.05, 3.63) is 77.1 Å². The van der Waals surface area contributed by atoms with Gasteiger partial charge in [0.1, 0.15) is 0 Å². The molecule has 152 valence electrons. The summed E-state index contributed by atoms with van der Waals surface area (Å²) in [5.74, 6) is 0.266. The average molecular weight is 401 g/mol. The van der Waals surface area contributed by atoms with Gasteiger partial charge in [-0.25, -0.2) is 15.2 Å². The summed E-state index contributed by atoms with van der Waals surface area (Å²) < 4.78 is 7.20. The van der Waals surface area contributed by atoms with Crippen LogP contribution in [0, 0.1) is 13.8 Å². The summed E-state index contributed by atoms with van der Waals surface area (Å²) in [6.07, 6.45) is 1.77. The largest absolute Gasteiger partial charge is 0.462 e. The summed E-state index contributed by atoms with van der Waals surface area (Å²) in [5.41, 5.74) is 9.25. The third kappa shape index (κ3) is 3.82. The number of aromatic amines is 1. The molecule has 0 amide bonds. The van der Waals surface area contributed by atoms with Crippen LogP contribution in [0.15, 0.2) is 59.7 Å². The number of anilines is 1. The first-order chi connectivity index (χ1) is 14.6. The van der Waals surface area contributed by atoms with E-state index in [1.165, 1.54) is 0 Å². The highest BCUT2D eigenvalue weighted by Gasteiger charge is 2.12. The molecule has 2 aromatic carbocycles. The van der Waals surface area contributed by atoms with E-state index >= 15 is 0 Å². The summed E-state index contributed by atoms with van der Waals surface area (Å²) in [6.45, 7) is 6.19. The fourth-order valence-corrected chi connectivity index (χ4v) is 3.47. The minimum absolute atomic E-state index is 0.321. The van der Waals surface area contributed by atoms with Crippen molar-refractivity contribution in [2.75, 3.05) is 12.0 Å². The maximum absolute atomic E-state index is 12.1. The maximum atomic E-state index is 12.1. The number of para-hydroxylation sites is 2. The van der Waals surface area contributed by atoms with Crippen molar-refractivity contribution in [1.29, 1.82) is 0 Å². The fourth-order valence-electron chi connectivity index (χ4n) is 3.47. The summed E-state index contributed by atoms with van der Waals surface area (Å²) in [4.78, 5) is 19.7. The lowest BCUT2D eigenvalue weighted by Crippen LogP contribution is -2.06. The van der Waals surface area contributed by atoms with Gasteiger partial charge in [0.15, 0.2) is 0 Å². The normalized spacial score (nSPS) is 11.3. The monoisotopic (exact) mass is 401 g/mol. The predicted octanol–water partition coefficient (Wildman–Crippen LogP) is 4.59. The molecule has 0 aliphatic rings. The minimum atomic E-state index is -0.321. The molecule has 0 fully saturated rings. The second kappa shape index (κ2) is 8.24. The average Bonchev–Trinajstić information content (AvgIpc) is 3.28. The summed E-state index contributed by atoms with van der Waals surface area (Å²) in [5, 5.41) is 4.33. The number of benzene rings is 2. The number of ether oxygens (including phenoxy) is 1. The van der Waals surface area contributed by atoms with Crippen LogP contribution in [0.2, 0.25) is 0 Å². The third-order valence-electron chi connectivity index (χ3n) is 4.85. The summed E-state index contributed by atoms with van der Waals surface area (Å²) in [6, 6.07) is 17.3. The Morgan fingerprint density at radius 2 is 2.03 bits per heavy atom. The van der Waals surface area contributed by atoms with E-state index in [0.29, 0.717) is 18.1 Å². The number of hydrazone groups is 1. The SMILES string of the molecule is CCOC(=O)c1cccc(-n2c(C)cc(/C=N\Nc3nc4ccccc4[nH]3)c2C)c1. The number of rotatable bonds is 6. The molecule has 0 aliphatic carbocycles. The van der Waals surface area contributed by atoms with Gasteiger partial charge in [-0.15, -0.1) is 0 Å². The van der Waals surface area contributed by atoms with Crippen molar-refractivity contribution in [3.8, 4) is 5.69 Å². The number of nitrogens with zero attached hydrogens (tertiary/aromatic N) is 3. The van der Waals surface area contributed by atoms with Gasteiger partial charge in [0.05, 0.1) is 29.4 Å². The van der Waals surface area contributed by atoms with Crippen molar-refractivity contribution < 1.29 is 9.53 Å². The van der Waals surface area contributed by atoms with Gasteiger partial charge in [-0.05, 0) is 57.2 Å². The molecule has 0 saturated carbocycles. The van der Waals surface area contributed by atoms with E-state index < -0.39 is 0 Å². The first-order valence-electron chi connectivity index (χ1n) is 9.77. The van der Waals surface area contributed by atoms with Gasteiger partial charge in [-0.2, -0.15) is 5.10 Å². The number of H-pyrrole nitrogens is 1. The highest BCUT2D eigenvalue weighted by molar-refractivity contribution is 5.90. The second-order valence-corrected chi connectivity index (χ2v) is 6.91. The van der Waals surface area contributed by atoms with Gasteiger partial charge in [0.2, 0.25) is 5.95 Å². The lowest BCUT2D eigenvalue weighted by Gasteiger charge is -2.11. The minimum Gasteiger partial charge on any atom is -0.462 e. The predicted molar refractivity (Wildman–Crippen MR) is 119 cm³/mol. The van der Waals surface area contributed by atoms with E-state index in [1.807, 2.05) is 56.3 Å². The molecule has 2 heterocycles. The van der Waals surface area contributed by atoms with E-state index in [1.54, 1.807) is 19.2 Å². The van der Waals surface area contributed by atoms with Crippen molar-refractivity contribution in [3.63, 3.8) is 0 Å². The van der Waals surface area contributed by atoms with Gasteiger partial charge in [0.25, 0.3) is 0 Å². The van der Waals surface area contributed by atoms with Gasteiger partial charge in [-0.3, -0.25) is 0 Å². The Bertz CT molecular complexity index is 1200. The molecule has 2 N–H and O–H groups in total. The first-order valence-corrected chi connectivity index (χ1v) is 9.77. The Hall–Kier alpha value is -3.87. The van der Waals surface area contributed by atoms with E-state index in [9.17, 15) is 4.79 Å². The Kier molecular flexibility index (Phi) is 5.34. The van der Waals surface area contributed by atoms with Crippen LogP contribution in [-0.4, -0.2) is 33.3 Å². The van der Waals surface area contributed by atoms with Gasteiger partial charge in [0, 0.05) is 22.6 Å². The van der Waals surface area contributed by atoms with Crippen molar-refractivity contribution in [2.45, 2.75) is 20.8 Å². The smallest absolute Gasteiger partial charge is 0.338 e. The molecule has 4 aromatic rings. The molecule has 0 saturated heterocycles. The van der Waals surface area contributed by atoms with Gasteiger partial charge in [-0.1, -0.05) is 18.2 Å². The fraction of sp³-hybridized carbons (Fsp3) is 0.174. The Labute approximate surface area is 174 Å². The van der Waals surface area contributed by atoms with E-state index in [-0.39, 0.29) is 5.97 Å². The Balaban J connectivity index is 1.57. The lowest BCUT2D eigenvalue weighted by molar-refractivity contribution is 0.0526. The standard InChI is InChI=1S/C23H23N5O2/c1-4-30-22(29)17-8-7-9-19(13-17)28-15(2)12-18(16(28)3)14-24-27-23-25-20-10-5-6-11-21(20)26-23/h5-14H,4H2,1-3H3,(H2,25,26,27)/b24-14-. The van der Waals surface area contributed by atoms with Crippen LogP contribution in [-0.2, 0) is 4.74 Å². The van der Waals surface area contributed by atoms with Crippen LogP contribution in [0.5, 0.6) is 0 Å². The zero-order valence-corrected chi connectivity index (χ0v) is 17.1. The zero-order chi connectivity index (χ0) is 21.1. The maximum Gasteiger partial charge on any atom is 0.338 e. The van der Waals surface area contributed by atoms with Crippen LogP contribution in [0.25, 0.3) is 16.7 Å². The third-order valence-corrected chi connectivity index (χ3v) is 4.85. The van der Waals surface area contributed by atoms with Crippen LogP contribution in [0.1, 0.15) is 34.2 Å². The Morgan fingerprint density at radius 3 is 2.83 bits per heavy atom. The molecule has 0 unspecified atom stereocenters. The van der Waals surface area contributed by atoms with Crippen LogP contribution in [0.4, 0.5) is 5.95 Å². The summed E-state index contributed by atoms with van der Waals surface area (Å²) >= 11 is 0. The van der Waals surface area contributed by atoms with Gasteiger partial charge < -0.3 is 14.3 Å². The molecular weight excluding hydrogens is 378 g/mol. The lowest BCUT2D eigenvalue weighted by atomic mass is 10.2. The number of imidazole rings is 1. The molecule has 0 spiro atoms. The van der Waals surface area contributed by atoms with E-state index in [0.717, 1.165) is 33.7 Å². The number of carbonyl (C=O) groups is 1. The molecule has 30 heavy (non-hydrogen) atoms. The Morgan fingerprint density at radius 1 is 1.20 bits per heavy atom. The van der Waals surface area contributed by atoms with Crippen molar-refractivity contribution in [2.24, 2.45) is 5.10 Å². The number of carbonyl (C=O) groups excluding carboxylic acids is 1. The number of aromatic nitrogens is 3. The molecule has 0 aliphatic heterocycles. The van der Waals surface area contributed by atoms with Crippen LogP contribution >= 0.6 is 0 Å². The van der Waals surface area contributed by atoms with Crippen LogP contribution < -0.4 is 5.43 Å². The number of hydrogen-bond acceptors (Lipinski definition) is 5. The topological polar surface area (TPSA) is 84.3 Å². The van der Waals surface area contributed by atoms with Crippen LogP contribution in [0.3, 0.4) is 0 Å². The van der Waals surface area contributed by atoms with Crippen molar-refractivity contribution >= 4 is 29.2 Å². The summed E-state index contributed by atoms with van der Waals surface area (Å²) in [7, 11) is 0. The van der Waals surface area contributed by atoms with Crippen molar-refractivity contribution in [1.82, 2.24) is 14.5 Å². The molecule has 0 radical (unpaired) electrons. The second-order valence-electron chi connectivity index (χ2n) is 6.91. The number of fused-ring (bicyclic) bond motifs is 1. The van der Waals surface area contributed by atoms with E-state index in [4.69, 9.17) is 4.74 Å². The number of nitrogens with one attached hydrogen (secondary N) is 2. The molecule has 0 bridgehead atoms. The number of aryl methyl sites for hydroxylation is 1. The number of esters is 1. The van der Waals surface area contributed by atoms with E-state index in [2.05, 4.69) is 31.1 Å². The highest BCUT2D eigenvalue weighted by atomic mass is 16.5.